The van der Waals surface area contributed by atoms with Crippen molar-refractivity contribution in [2.45, 2.75) is 34.6 Å². The van der Waals surface area contributed by atoms with E-state index in [4.69, 9.17) is 11.6 Å². The first-order valence-electron chi connectivity index (χ1n) is 8.62. The standard InChI is InChI=1S/C15H16ClN.C6H7N.C2H6/c1-5-6-7-14(16)12(4)13-8-9-15(11(2)3)17-10-13;1-6-2-4-7-5-3-6;1-2/h5-10H,2,4H2,1,3H3;2-5H,1H3;1-2H3/b6-5-,14-7+;;. The first-order valence-corrected chi connectivity index (χ1v) is 9.00. The topological polar surface area (TPSA) is 25.8 Å². The molecule has 3 heteroatoms. The zero-order valence-corrected chi connectivity index (χ0v) is 17.2. The van der Waals surface area contributed by atoms with E-state index in [-0.39, 0.29) is 0 Å². The summed E-state index contributed by atoms with van der Waals surface area (Å²) in [4.78, 5) is 8.14. The maximum Gasteiger partial charge on any atom is 0.0653 e. The Bertz CT molecular complexity index is 727. The zero-order chi connectivity index (χ0) is 19.9. The van der Waals surface area contributed by atoms with E-state index in [0.717, 1.165) is 22.4 Å². The van der Waals surface area contributed by atoms with Crippen LogP contribution in [0.1, 0.15) is 44.5 Å². The van der Waals surface area contributed by atoms with Gasteiger partial charge in [-0.15, -0.1) is 0 Å². The number of rotatable bonds is 4. The van der Waals surface area contributed by atoms with Crippen LogP contribution in [-0.4, -0.2) is 9.97 Å². The molecule has 0 atom stereocenters. The largest absolute Gasteiger partial charge is 0.265 e. The molecule has 0 bridgehead atoms. The van der Waals surface area contributed by atoms with Crippen molar-refractivity contribution >= 4 is 22.7 Å². The summed E-state index contributed by atoms with van der Waals surface area (Å²) in [6, 6.07) is 7.81. The Kier molecular flexibility index (Phi) is 12.5. The number of pyridine rings is 2. The van der Waals surface area contributed by atoms with E-state index in [1.54, 1.807) is 18.6 Å². The van der Waals surface area contributed by atoms with Gasteiger partial charge in [-0.2, -0.15) is 0 Å². The van der Waals surface area contributed by atoms with Gasteiger partial charge >= 0.3 is 0 Å². The number of halogens is 1. The van der Waals surface area contributed by atoms with Gasteiger partial charge in [0.05, 0.1) is 5.69 Å². The fourth-order valence-corrected chi connectivity index (χ4v) is 1.85. The van der Waals surface area contributed by atoms with Crippen LogP contribution in [0, 0.1) is 6.92 Å². The number of hydrogen-bond donors (Lipinski definition) is 0. The third-order valence-electron chi connectivity index (χ3n) is 3.12. The van der Waals surface area contributed by atoms with Gasteiger partial charge in [-0.25, -0.2) is 0 Å². The second kappa shape index (κ2) is 13.8. The molecule has 0 aromatic carbocycles. The summed E-state index contributed by atoms with van der Waals surface area (Å²) in [6.45, 7) is 17.7. The Labute approximate surface area is 163 Å². The van der Waals surface area contributed by atoms with Crippen molar-refractivity contribution in [3.05, 3.63) is 96.1 Å². The van der Waals surface area contributed by atoms with Gasteiger partial charge in [-0.1, -0.05) is 56.8 Å². The SMILES string of the molecule is C=C(/C(Cl)=C\C=C/C)c1ccc(C(=C)C)nc1.CC.Cc1ccncc1. The van der Waals surface area contributed by atoms with Gasteiger partial charge in [0.2, 0.25) is 0 Å². The minimum Gasteiger partial charge on any atom is -0.265 e. The molecule has 0 aliphatic heterocycles. The second-order valence-electron chi connectivity index (χ2n) is 5.26. The molecule has 138 valence electrons. The summed E-state index contributed by atoms with van der Waals surface area (Å²) < 4.78 is 0. The lowest BCUT2D eigenvalue weighted by atomic mass is 10.1. The smallest absolute Gasteiger partial charge is 0.0653 e. The minimum atomic E-state index is 0.618. The molecular weight excluding hydrogens is 340 g/mol. The molecule has 0 N–H and O–H groups in total. The Hall–Kier alpha value is -2.45. The van der Waals surface area contributed by atoms with Crippen molar-refractivity contribution in [3.63, 3.8) is 0 Å². The predicted octanol–water partition coefficient (Wildman–Crippen LogP) is 7.24. The lowest BCUT2D eigenvalue weighted by Gasteiger charge is -2.05. The summed E-state index contributed by atoms with van der Waals surface area (Å²) in [5.41, 5.74) is 4.77. The molecule has 0 aliphatic carbocycles. The van der Waals surface area contributed by atoms with E-state index in [1.165, 1.54) is 5.56 Å². The molecule has 0 aliphatic rings. The molecule has 2 nitrogen and oxygen atoms in total. The molecule has 2 rings (SSSR count). The van der Waals surface area contributed by atoms with E-state index in [1.807, 2.05) is 77.1 Å². The lowest BCUT2D eigenvalue weighted by molar-refractivity contribution is 1.26. The Morgan fingerprint density at radius 2 is 1.69 bits per heavy atom. The molecule has 0 spiro atoms. The van der Waals surface area contributed by atoms with Crippen LogP contribution in [0.4, 0.5) is 0 Å². The van der Waals surface area contributed by atoms with E-state index in [0.29, 0.717) is 5.03 Å². The van der Waals surface area contributed by atoms with Crippen molar-refractivity contribution < 1.29 is 0 Å². The van der Waals surface area contributed by atoms with Crippen LogP contribution in [0.2, 0.25) is 0 Å². The third kappa shape index (κ3) is 9.14. The molecule has 2 heterocycles. The van der Waals surface area contributed by atoms with E-state index in [2.05, 4.69) is 23.1 Å². The highest BCUT2D eigenvalue weighted by Crippen LogP contribution is 2.24. The van der Waals surface area contributed by atoms with Crippen molar-refractivity contribution in [2.75, 3.05) is 0 Å². The first-order chi connectivity index (χ1) is 12.5. The monoisotopic (exact) mass is 368 g/mol. The van der Waals surface area contributed by atoms with E-state index < -0.39 is 0 Å². The van der Waals surface area contributed by atoms with Gasteiger partial charge in [0.1, 0.15) is 0 Å². The average Bonchev–Trinajstić information content (AvgIpc) is 2.68. The lowest BCUT2D eigenvalue weighted by Crippen LogP contribution is -1.89. The maximum absolute atomic E-state index is 6.11. The van der Waals surface area contributed by atoms with Crippen LogP contribution in [0.3, 0.4) is 0 Å². The average molecular weight is 369 g/mol. The number of aryl methyl sites for hydroxylation is 1. The Morgan fingerprint density at radius 1 is 1.08 bits per heavy atom. The van der Waals surface area contributed by atoms with Gasteiger partial charge in [-0.05, 0) is 61.8 Å². The summed E-state index contributed by atoms with van der Waals surface area (Å²) in [5, 5.41) is 0.618. The van der Waals surface area contributed by atoms with Crippen molar-refractivity contribution in [1.29, 1.82) is 0 Å². The number of allylic oxidation sites excluding steroid dienone is 6. The van der Waals surface area contributed by atoms with Crippen LogP contribution >= 0.6 is 11.6 Å². The number of aromatic nitrogens is 2. The van der Waals surface area contributed by atoms with Crippen LogP contribution in [0.25, 0.3) is 11.1 Å². The molecule has 0 saturated carbocycles. The number of hydrogen-bond acceptors (Lipinski definition) is 2. The zero-order valence-electron chi connectivity index (χ0n) is 16.5. The second-order valence-corrected chi connectivity index (χ2v) is 5.66. The Morgan fingerprint density at radius 3 is 2.08 bits per heavy atom. The van der Waals surface area contributed by atoms with Crippen molar-refractivity contribution in [2.24, 2.45) is 0 Å². The fourth-order valence-electron chi connectivity index (χ4n) is 1.67. The predicted molar refractivity (Wildman–Crippen MR) is 117 cm³/mol. The van der Waals surface area contributed by atoms with Gasteiger partial charge in [0.15, 0.2) is 0 Å². The van der Waals surface area contributed by atoms with Gasteiger partial charge in [0.25, 0.3) is 0 Å². The molecule has 0 unspecified atom stereocenters. The molecule has 0 amide bonds. The Balaban J connectivity index is 0.000000575. The van der Waals surface area contributed by atoms with Crippen LogP contribution in [0.15, 0.2) is 79.3 Å². The third-order valence-corrected chi connectivity index (χ3v) is 3.47. The molecule has 2 aromatic rings. The van der Waals surface area contributed by atoms with Crippen LogP contribution in [0.5, 0.6) is 0 Å². The molecule has 0 fully saturated rings. The van der Waals surface area contributed by atoms with Crippen LogP contribution < -0.4 is 0 Å². The van der Waals surface area contributed by atoms with Crippen LogP contribution in [-0.2, 0) is 0 Å². The molecule has 0 saturated heterocycles. The molecule has 2 aromatic heterocycles. The summed E-state index contributed by atoms with van der Waals surface area (Å²) in [6.07, 6.45) is 10.9. The van der Waals surface area contributed by atoms with Gasteiger partial charge in [0, 0.05) is 29.2 Å². The minimum absolute atomic E-state index is 0.618. The highest BCUT2D eigenvalue weighted by molar-refractivity contribution is 6.36. The fraction of sp³-hybridized carbons (Fsp3) is 0.217. The molecule has 0 radical (unpaired) electrons. The highest BCUT2D eigenvalue weighted by atomic mass is 35.5. The quantitative estimate of drug-likeness (QED) is 0.531. The first kappa shape index (κ1) is 23.5. The normalized spacial score (nSPS) is 10.3. The van der Waals surface area contributed by atoms with Crippen molar-refractivity contribution in [3.8, 4) is 0 Å². The van der Waals surface area contributed by atoms with Gasteiger partial charge < -0.3 is 0 Å². The molecular formula is C23H29ClN2. The van der Waals surface area contributed by atoms with Gasteiger partial charge in [-0.3, -0.25) is 9.97 Å². The maximum atomic E-state index is 6.11. The molecule has 26 heavy (non-hydrogen) atoms. The van der Waals surface area contributed by atoms with E-state index in [9.17, 15) is 0 Å². The summed E-state index contributed by atoms with van der Waals surface area (Å²) in [5.74, 6) is 0. The summed E-state index contributed by atoms with van der Waals surface area (Å²) in [7, 11) is 0. The highest BCUT2D eigenvalue weighted by Gasteiger charge is 2.03. The summed E-state index contributed by atoms with van der Waals surface area (Å²) >= 11 is 6.11. The number of nitrogens with zero attached hydrogens (tertiary/aromatic N) is 2. The van der Waals surface area contributed by atoms with E-state index >= 15 is 0 Å². The van der Waals surface area contributed by atoms with Crippen molar-refractivity contribution in [1.82, 2.24) is 9.97 Å².